The average Bonchev–Trinajstić information content (AvgIpc) is 3.32. The number of halogens is 1. The van der Waals surface area contributed by atoms with E-state index in [4.69, 9.17) is 0 Å². The van der Waals surface area contributed by atoms with Crippen molar-refractivity contribution in [3.63, 3.8) is 0 Å². The largest absolute Gasteiger partial charge is 0.325 e. The lowest BCUT2D eigenvalue weighted by molar-refractivity contribution is -0.113. The van der Waals surface area contributed by atoms with Gasteiger partial charge in [-0.05, 0) is 31.2 Å². The lowest BCUT2D eigenvalue weighted by atomic mass is 10.2. The molecule has 4 rings (SSSR count). The van der Waals surface area contributed by atoms with Gasteiger partial charge in [0.1, 0.15) is 16.6 Å². The fourth-order valence-corrected chi connectivity index (χ4v) is 4.15. The number of aryl methyl sites for hydroxylation is 1. The van der Waals surface area contributed by atoms with E-state index in [1.165, 1.54) is 41.7 Å². The maximum absolute atomic E-state index is 13.4. The highest BCUT2D eigenvalue weighted by Gasteiger charge is 2.17. The number of carbonyl (C=O) groups is 1. The predicted octanol–water partition coefficient (Wildman–Crippen LogP) is 1.26. The van der Waals surface area contributed by atoms with Crippen LogP contribution in [-0.4, -0.2) is 46.6 Å². The molecule has 0 spiro atoms. The maximum Gasteiger partial charge on any atom is 0.325 e. The summed E-state index contributed by atoms with van der Waals surface area (Å²) >= 11 is 2.38. The summed E-state index contributed by atoms with van der Waals surface area (Å²) in [7, 11) is 0. The molecule has 164 valence electrons. The van der Waals surface area contributed by atoms with Crippen molar-refractivity contribution in [3.05, 3.63) is 73.5 Å². The second-order valence-corrected chi connectivity index (χ2v) is 8.59. The van der Waals surface area contributed by atoms with Crippen LogP contribution in [0, 0.1) is 12.7 Å². The molecule has 1 aromatic carbocycles. The number of hydrogen-bond donors (Lipinski definition) is 3. The Hall–Kier alpha value is -3.65. The van der Waals surface area contributed by atoms with Gasteiger partial charge in [0.25, 0.3) is 5.56 Å². The van der Waals surface area contributed by atoms with Crippen LogP contribution in [0.3, 0.4) is 0 Å². The molecule has 0 bridgehead atoms. The monoisotopic (exact) mass is 474 g/mol. The molecule has 11 nitrogen and oxygen atoms in total. The molecular weight excluding hydrogens is 459 g/mol. The number of aromatic nitrogens is 7. The van der Waals surface area contributed by atoms with Gasteiger partial charge in [0, 0.05) is 23.9 Å². The van der Waals surface area contributed by atoms with Crippen molar-refractivity contribution >= 4 is 34.1 Å². The van der Waals surface area contributed by atoms with Crippen LogP contribution in [0.1, 0.15) is 16.5 Å². The third-order valence-electron chi connectivity index (χ3n) is 4.05. The number of nitrogens with zero attached hydrogens (tertiary/aromatic N) is 5. The lowest BCUT2D eigenvalue weighted by Gasteiger charge is -2.10. The van der Waals surface area contributed by atoms with Crippen LogP contribution in [0.15, 0.2) is 45.1 Å². The molecule has 0 aliphatic heterocycles. The normalized spacial score (nSPS) is 10.9. The highest BCUT2D eigenvalue weighted by Crippen LogP contribution is 2.24. The van der Waals surface area contributed by atoms with Crippen LogP contribution in [-0.2, 0) is 11.2 Å². The molecular formula is C18H15FN8O3S2. The Morgan fingerprint density at radius 1 is 1.16 bits per heavy atom. The first-order valence-corrected chi connectivity index (χ1v) is 10.9. The smallest absolute Gasteiger partial charge is 0.311 e. The van der Waals surface area contributed by atoms with Crippen molar-refractivity contribution in [2.75, 3.05) is 11.1 Å². The molecule has 0 fully saturated rings. The number of nitrogens with one attached hydrogen (secondary N) is 3. The third-order valence-corrected chi connectivity index (χ3v) is 5.74. The maximum atomic E-state index is 13.4. The average molecular weight is 475 g/mol. The quantitative estimate of drug-likeness (QED) is 0.339. The van der Waals surface area contributed by atoms with Gasteiger partial charge < -0.3 is 4.98 Å². The molecule has 0 unspecified atom stereocenters. The SMILES string of the molecule is Cc1nnc(NC(=O)CSc2nnc(Cc3cc(=O)[nH]c(=O)[nH]3)n2-c2ccc(F)cc2)s1. The van der Waals surface area contributed by atoms with Crippen molar-refractivity contribution in [3.8, 4) is 5.69 Å². The number of carbonyl (C=O) groups excluding carboxylic acids is 1. The van der Waals surface area contributed by atoms with E-state index in [9.17, 15) is 18.8 Å². The van der Waals surface area contributed by atoms with Crippen LogP contribution < -0.4 is 16.6 Å². The second kappa shape index (κ2) is 9.23. The van der Waals surface area contributed by atoms with Crippen LogP contribution in [0.4, 0.5) is 9.52 Å². The second-order valence-electron chi connectivity index (χ2n) is 6.46. The van der Waals surface area contributed by atoms with Crippen LogP contribution >= 0.6 is 23.1 Å². The first-order valence-electron chi connectivity index (χ1n) is 9.13. The van der Waals surface area contributed by atoms with Gasteiger partial charge in [-0.2, -0.15) is 0 Å². The van der Waals surface area contributed by atoms with Gasteiger partial charge in [0.2, 0.25) is 11.0 Å². The van der Waals surface area contributed by atoms with Gasteiger partial charge in [0.05, 0.1) is 5.75 Å². The summed E-state index contributed by atoms with van der Waals surface area (Å²) in [4.78, 5) is 40.1. The fraction of sp³-hybridized carbons (Fsp3) is 0.167. The minimum Gasteiger partial charge on any atom is -0.311 e. The van der Waals surface area contributed by atoms with Gasteiger partial charge in [-0.25, -0.2) is 9.18 Å². The number of anilines is 1. The summed E-state index contributed by atoms with van der Waals surface area (Å²) in [6.45, 7) is 1.78. The number of thioether (sulfide) groups is 1. The highest BCUT2D eigenvalue weighted by molar-refractivity contribution is 7.99. The van der Waals surface area contributed by atoms with Gasteiger partial charge in [-0.15, -0.1) is 20.4 Å². The van der Waals surface area contributed by atoms with Crippen LogP contribution in [0.25, 0.3) is 5.69 Å². The molecule has 3 heterocycles. The number of rotatable bonds is 7. The number of hydrogen-bond acceptors (Lipinski definition) is 9. The Balaban J connectivity index is 1.60. The first kappa shape index (κ1) is 21.6. The predicted molar refractivity (Wildman–Crippen MR) is 116 cm³/mol. The van der Waals surface area contributed by atoms with E-state index < -0.39 is 17.1 Å². The van der Waals surface area contributed by atoms with Gasteiger partial charge >= 0.3 is 5.69 Å². The third kappa shape index (κ3) is 5.15. The molecule has 0 aliphatic rings. The number of benzene rings is 1. The number of H-pyrrole nitrogens is 2. The van der Waals surface area contributed by atoms with Crippen molar-refractivity contribution in [2.45, 2.75) is 18.5 Å². The molecule has 1 amide bonds. The van der Waals surface area contributed by atoms with E-state index in [1.54, 1.807) is 11.5 Å². The molecule has 0 aliphatic carbocycles. The van der Waals surface area contributed by atoms with E-state index in [0.717, 1.165) is 16.8 Å². The molecule has 3 aromatic heterocycles. The molecule has 0 saturated carbocycles. The Labute approximate surface area is 187 Å². The highest BCUT2D eigenvalue weighted by atomic mass is 32.2. The number of amides is 1. The Bertz CT molecular complexity index is 1350. The molecule has 14 heteroatoms. The molecule has 4 aromatic rings. The van der Waals surface area contributed by atoms with Crippen LogP contribution in [0.5, 0.6) is 0 Å². The zero-order valence-electron chi connectivity index (χ0n) is 16.5. The Morgan fingerprint density at radius 2 is 1.94 bits per heavy atom. The van der Waals surface area contributed by atoms with Crippen molar-refractivity contribution < 1.29 is 9.18 Å². The Kier molecular flexibility index (Phi) is 6.23. The zero-order chi connectivity index (χ0) is 22.7. The molecule has 0 atom stereocenters. The first-order chi connectivity index (χ1) is 15.4. The van der Waals surface area contributed by atoms with E-state index in [1.807, 2.05) is 0 Å². The summed E-state index contributed by atoms with van der Waals surface area (Å²) in [6, 6.07) is 6.89. The summed E-state index contributed by atoms with van der Waals surface area (Å²) in [5.41, 5.74) is -0.301. The standard InChI is InChI=1S/C18H15FN8O3S2/c1-9-23-25-17(32-9)22-15(29)8-31-18-26-24-13(6-11-7-14(28)21-16(30)20-11)27(18)12-4-2-10(19)3-5-12/h2-5,7H,6,8H2,1H3,(H,22,25,29)(H2,20,21,28,30). The van der Waals surface area contributed by atoms with E-state index >= 15 is 0 Å². The van der Waals surface area contributed by atoms with Gasteiger partial charge in [-0.3, -0.25) is 24.5 Å². The van der Waals surface area contributed by atoms with Gasteiger partial charge in [0.15, 0.2) is 5.16 Å². The molecule has 0 radical (unpaired) electrons. The van der Waals surface area contributed by atoms with Crippen LogP contribution in [0.2, 0.25) is 0 Å². The lowest BCUT2D eigenvalue weighted by Crippen LogP contribution is -2.23. The van der Waals surface area contributed by atoms with Crippen molar-refractivity contribution in [1.82, 2.24) is 34.9 Å². The van der Waals surface area contributed by atoms with E-state index in [2.05, 4.69) is 35.7 Å². The molecule has 3 N–H and O–H groups in total. The summed E-state index contributed by atoms with van der Waals surface area (Å²) in [5, 5.41) is 20.1. The van der Waals surface area contributed by atoms with Crippen molar-refractivity contribution in [1.29, 1.82) is 0 Å². The topological polar surface area (TPSA) is 151 Å². The van der Waals surface area contributed by atoms with E-state index in [0.29, 0.717) is 27.5 Å². The zero-order valence-corrected chi connectivity index (χ0v) is 18.1. The minimum absolute atomic E-state index is 0.0137. The van der Waals surface area contributed by atoms with E-state index in [-0.39, 0.29) is 18.1 Å². The Morgan fingerprint density at radius 3 is 2.62 bits per heavy atom. The summed E-state index contributed by atoms with van der Waals surface area (Å²) in [6.07, 6.45) is 0.0837. The molecule has 0 saturated heterocycles. The fourth-order valence-electron chi connectivity index (χ4n) is 2.78. The summed E-state index contributed by atoms with van der Waals surface area (Å²) < 4.78 is 15.1. The summed E-state index contributed by atoms with van der Waals surface area (Å²) in [5.74, 6) is -0.316. The molecule has 32 heavy (non-hydrogen) atoms. The van der Waals surface area contributed by atoms with Gasteiger partial charge in [-0.1, -0.05) is 23.1 Å². The van der Waals surface area contributed by atoms with Crippen molar-refractivity contribution in [2.24, 2.45) is 0 Å². The number of aromatic amines is 2. The minimum atomic E-state index is -0.640.